The SMILES string of the molecule is C=C.CC/C=C(O)\C=C(/CC)c1ccc(CC2CN(C)C(=O)N2c2ccc(F)cc2)c(O)c1.CCC(O)c1ccc(F)cc1. The number of likely N-dealkylation sites (N-methyl/N-ethyl adjacent to an activating group) is 1. The maximum atomic E-state index is 13.3. The second-order valence-electron chi connectivity index (χ2n) is 10.2. The summed E-state index contributed by atoms with van der Waals surface area (Å²) in [6, 6.07) is 16.9. The fourth-order valence-electron chi connectivity index (χ4n) is 4.84. The summed E-state index contributed by atoms with van der Waals surface area (Å²) in [6.07, 6.45) is 5.57. The molecule has 8 heteroatoms. The van der Waals surface area contributed by atoms with Crippen molar-refractivity contribution in [3.05, 3.63) is 126 Å². The van der Waals surface area contributed by atoms with Crippen molar-refractivity contribution in [2.24, 2.45) is 0 Å². The molecule has 1 heterocycles. The molecule has 3 aromatic rings. The van der Waals surface area contributed by atoms with Crippen LogP contribution in [0.3, 0.4) is 0 Å². The van der Waals surface area contributed by atoms with Gasteiger partial charge in [0.25, 0.3) is 0 Å². The quantitative estimate of drug-likeness (QED) is 0.129. The van der Waals surface area contributed by atoms with Gasteiger partial charge in [-0.2, -0.15) is 0 Å². The Morgan fingerprint density at radius 3 is 2.11 bits per heavy atom. The zero-order chi connectivity index (χ0) is 32.8. The number of hydrogen-bond acceptors (Lipinski definition) is 4. The molecule has 2 unspecified atom stereocenters. The normalized spacial score (nSPS) is 15.7. The van der Waals surface area contributed by atoms with E-state index in [2.05, 4.69) is 13.2 Å². The lowest BCUT2D eigenvalue weighted by Gasteiger charge is -2.24. The van der Waals surface area contributed by atoms with Crippen LogP contribution >= 0.6 is 0 Å². The summed E-state index contributed by atoms with van der Waals surface area (Å²) in [4.78, 5) is 15.9. The number of rotatable bonds is 9. The number of urea groups is 1. The number of anilines is 1. The molecule has 1 saturated heterocycles. The van der Waals surface area contributed by atoms with Gasteiger partial charge < -0.3 is 20.2 Å². The van der Waals surface area contributed by atoms with Gasteiger partial charge >= 0.3 is 6.03 Å². The highest BCUT2D eigenvalue weighted by molar-refractivity contribution is 5.95. The number of hydrogen-bond donors (Lipinski definition) is 3. The summed E-state index contributed by atoms with van der Waals surface area (Å²) in [5.74, 6) is -0.257. The van der Waals surface area contributed by atoms with Crippen LogP contribution in [-0.2, 0) is 6.42 Å². The van der Waals surface area contributed by atoms with E-state index in [-0.39, 0.29) is 35.2 Å². The molecule has 0 spiro atoms. The summed E-state index contributed by atoms with van der Waals surface area (Å²) in [5, 5.41) is 30.0. The van der Waals surface area contributed by atoms with Crippen LogP contribution < -0.4 is 4.90 Å². The number of benzene rings is 3. The predicted molar refractivity (Wildman–Crippen MR) is 175 cm³/mol. The zero-order valence-corrected chi connectivity index (χ0v) is 26.0. The van der Waals surface area contributed by atoms with Crippen LogP contribution in [0.2, 0.25) is 0 Å². The lowest BCUT2D eigenvalue weighted by Crippen LogP contribution is -2.35. The predicted octanol–water partition coefficient (Wildman–Crippen LogP) is 8.73. The first-order valence-electron chi connectivity index (χ1n) is 14.7. The van der Waals surface area contributed by atoms with Crippen molar-refractivity contribution >= 4 is 17.3 Å². The van der Waals surface area contributed by atoms with Crippen molar-refractivity contribution in [3.8, 4) is 5.75 Å². The molecule has 4 rings (SSSR count). The first-order valence-corrected chi connectivity index (χ1v) is 14.7. The van der Waals surface area contributed by atoms with Gasteiger partial charge in [-0.25, -0.2) is 13.6 Å². The standard InChI is InChI=1S/C25H29FN2O3.C9H11FO.C2H4/c1-4-6-23(29)14-17(5-2)18-7-8-19(24(30)15-18)13-22-16-27(3)25(31)28(22)21-11-9-20(26)10-12-21;1-2-9(11)7-3-5-8(10)6-4-7;1-2/h6-12,14-15,22,29-30H,4-5,13,16H2,1-3H3;3-6,9,11H,2H2,1H3;1-2H2/b17-14+,23-6+;;. The zero-order valence-electron chi connectivity index (χ0n) is 26.0. The molecule has 0 saturated carbocycles. The van der Waals surface area contributed by atoms with Crippen LogP contribution in [0.25, 0.3) is 5.57 Å². The number of carbonyl (C=O) groups excluding carboxylic acids is 1. The topological polar surface area (TPSA) is 84.2 Å². The van der Waals surface area contributed by atoms with Gasteiger partial charge in [0.05, 0.1) is 12.1 Å². The molecule has 0 bridgehead atoms. The second-order valence-corrected chi connectivity index (χ2v) is 10.2. The summed E-state index contributed by atoms with van der Waals surface area (Å²) in [7, 11) is 1.73. The van der Waals surface area contributed by atoms with Crippen molar-refractivity contribution < 1.29 is 28.9 Å². The van der Waals surface area contributed by atoms with E-state index in [4.69, 9.17) is 0 Å². The van der Waals surface area contributed by atoms with Crippen LogP contribution in [0.5, 0.6) is 5.75 Å². The van der Waals surface area contributed by atoms with Crippen LogP contribution in [0.15, 0.2) is 97.8 Å². The maximum absolute atomic E-state index is 13.3. The summed E-state index contributed by atoms with van der Waals surface area (Å²) in [5.41, 5.74) is 3.90. The number of aromatic hydroxyl groups is 1. The highest BCUT2D eigenvalue weighted by Gasteiger charge is 2.36. The van der Waals surface area contributed by atoms with E-state index in [1.807, 2.05) is 32.9 Å². The Hall–Kier alpha value is -4.43. The smallest absolute Gasteiger partial charge is 0.324 e. The van der Waals surface area contributed by atoms with E-state index in [0.717, 1.165) is 28.7 Å². The molecule has 0 aromatic heterocycles. The Balaban J connectivity index is 0.000000434. The number of aliphatic hydroxyl groups is 2. The first-order chi connectivity index (χ1) is 21.1. The molecule has 1 aliphatic rings. The number of allylic oxidation sites excluding steroid dienone is 3. The average molecular weight is 607 g/mol. The lowest BCUT2D eigenvalue weighted by molar-refractivity contribution is 0.173. The number of halogens is 2. The third-order valence-corrected chi connectivity index (χ3v) is 7.16. The largest absolute Gasteiger partial charge is 0.508 e. The number of nitrogens with zero attached hydrogens (tertiary/aromatic N) is 2. The van der Waals surface area contributed by atoms with Crippen molar-refractivity contribution in [3.63, 3.8) is 0 Å². The van der Waals surface area contributed by atoms with Crippen LogP contribution in [0.1, 0.15) is 62.8 Å². The van der Waals surface area contributed by atoms with Crippen molar-refractivity contribution in [1.82, 2.24) is 4.90 Å². The maximum Gasteiger partial charge on any atom is 0.324 e. The number of phenolic OH excluding ortho intramolecular Hbond substituents is 1. The highest BCUT2D eigenvalue weighted by atomic mass is 19.1. The van der Waals surface area contributed by atoms with Gasteiger partial charge in [0.1, 0.15) is 23.1 Å². The molecule has 3 aromatic carbocycles. The Bertz CT molecular complexity index is 1400. The third-order valence-electron chi connectivity index (χ3n) is 7.16. The molecule has 236 valence electrons. The monoisotopic (exact) mass is 606 g/mol. The van der Waals surface area contributed by atoms with Crippen LogP contribution in [0.4, 0.5) is 19.3 Å². The molecule has 44 heavy (non-hydrogen) atoms. The van der Waals surface area contributed by atoms with Crippen LogP contribution in [-0.4, -0.2) is 45.9 Å². The van der Waals surface area contributed by atoms with Gasteiger partial charge in [-0.05, 0) is 103 Å². The number of aliphatic hydroxyl groups excluding tert-OH is 2. The van der Waals surface area contributed by atoms with Crippen molar-refractivity contribution in [1.29, 1.82) is 0 Å². The molecule has 3 N–H and O–H groups in total. The van der Waals surface area contributed by atoms with Crippen LogP contribution in [0, 0.1) is 11.6 Å². The highest BCUT2D eigenvalue weighted by Crippen LogP contribution is 2.31. The molecule has 1 aliphatic heterocycles. The Labute approximate surface area is 259 Å². The summed E-state index contributed by atoms with van der Waals surface area (Å²) < 4.78 is 25.7. The molecule has 2 atom stereocenters. The van der Waals surface area contributed by atoms with Gasteiger partial charge in [0.2, 0.25) is 0 Å². The molecule has 2 amide bonds. The third kappa shape index (κ3) is 9.81. The number of amides is 2. The van der Waals surface area contributed by atoms with Gasteiger partial charge in [-0.3, -0.25) is 4.90 Å². The van der Waals surface area contributed by atoms with E-state index in [9.17, 15) is 28.9 Å². The minimum atomic E-state index is -0.462. The molecule has 1 fully saturated rings. The number of phenols is 1. The van der Waals surface area contributed by atoms with Crippen molar-refractivity contribution in [2.45, 2.75) is 58.6 Å². The van der Waals surface area contributed by atoms with Crippen molar-refractivity contribution in [2.75, 3.05) is 18.5 Å². The van der Waals surface area contributed by atoms with Gasteiger partial charge in [0, 0.05) is 19.3 Å². The summed E-state index contributed by atoms with van der Waals surface area (Å²) in [6.45, 7) is 12.3. The minimum Gasteiger partial charge on any atom is -0.508 e. The fourth-order valence-corrected chi connectivity index (χ4v) is 4.84. The number of carbonyl (C=O) groups is 1. The van der Waals surface area contributed by atoms with E-state index in [0.29, 0.717) is 31.5 Å². The molecular formula is C36H44F2N2O4. The fraction of sp³-hybridized carbons (Fsp3) is 0.306. The molecular weight excluding hydrogens is 562 g/mol. The van der Waals surface area contributed by atoms with E-state index < -0.39 is 6.10 Å². The minimum absolute atomic E-state index is 0.150. The lowest BCUT2D eigenvalue weighted by atomic mass is 9.97. The first kappa shape index (κ1) is 35.8. The van der Waals surface area contributed by atoms with Gasteiger partial charge in [0.15, 0.2) is 0 Å². The Morgan fingerprint density at radius 1 is 1.00 bits per heavy atom. The Kier molecular flexibility index (Phi) is 14.3. The summed E-state index contributed by atoms with van der Waals surface area (Å²) >= 11 is 0. The van der Waals surface area contributed by atoms with E-state index >= 15 is 0 Å². The average Bonchev–Trinajstić information content (AvgIpc) is 3.30. The molecule has 6 nitrogen and oxygen atoms in total. The van der Waals surface area contributed by atoms with E-state index in [1.165, 1.54) is 24.3 Å². The molecule has 0 aliphatic carbocycles. The van der Waals surface area contributed by atoms with E-state index in [1.54, 1.807) is 59.3 Å². The second kappa shape index (κ2) is 17.6. The Morgan fingerprint density at radius 2 is 1.59 bits per heavy atom. The van der Waals surface area contributed by atoms with Gasteiger partial charge in [-0.15, -0.1) is 13.2 Å². The molecule has 0 radical (unpaired) electrons. The van der Waals surface area contributed by atoms with Gasteiger partial charge in [-0.1, -0.05) is 45.0 Å².